The number of rotatable bonds is 0. The Bertz CT molecular complexity index is 1150. The maximum atomic E-state index is 13.1. The van der Waals surface area contributed by atoms with E-state index >= 15 is 0 Å². The number of carbonyl (C=O) groups is 1. The fourth-order valence-corrected chi connectivity index (χ4v) is 4.17. The fourth-order valence-electron chi connectivity index (χ4n) is 4.17. The van der Waals surface area contributed by atoms with Crippen LogP contribution in [0.5, 0.6) is 0 Å². The molecule has 1 amide bonds. The highest BCUT2D eigenvalue weighted by Gasteiger charge is 2.47. The van der Waals surface area contributed by atoms with Gasteiger partial charge in [-0.2, -0.15) is 18.1 Å². The minimum atomic E-state index is -4.41. The lowest BCUT2D eigenvalue weighted by molar-refractivity contribution is -0.467. The van der Waals surface area contributed by atoms with Crippen molar-refractivity contribution in [1.29, 1.82) is 0 Å². The van der Waals surface area contributed by atoms with E-state index in [0.29, 0.717) is 29.8 Å². The highest BCUT2D eigenvalue weighted by atomic mass is 19.4. The number of fused-ring (bicyclic) bond motifs is 4. The zero-order valence-electron chi connectivity index (χ0n) is 14.4. The lowest BCUT2D eigenvalue weighted by atomic mass is 9.92. The highest BCUT2D eigenvalue weighted by Crippen LogP contribution is 2.35. The highest BCUT2D eigenvalue weighted by molar-refractivity contribution is 6.11. The van der Waals surface area contributed by atoms with E-state index in [1.165, 1.54) is 6.07 Å². The van der Waals surface area contributed by atoms with Gasteiger partial charge in [-0.1, -0.05) is 24.3 Å². The molecule has 1 aromatic carbocycles. The number of benzene rings is 1. The van der Waals surface area contributed by atoms with Crippen molar-refractivity contribution in [1.82, 2.24) is 4.90 Å². The number of hydrogen-bond acceptors (Lipinski definition) is 2. The second kappa shape index (κ2) is 5.28. The van der Waals surface area contributed by atoms with Crippen molar-refractivity contribution in [3.05, 3.63) is 70.2 Å². The molecule has 0 saturated carbocycles. The first-order chi connectivity index (χ1) is 12.9. The Labute approximate surface area is 152 Å². The van der Waals surface area contributed by atoms with Gasteiger partial charge in [0.15, 0.2) is 5.70 Å². The van der Waals surface area contributed by atoms with Gasteiger partial charge in [-0.25, -0.2) is 14.4 Å². The van der Waals surface area contributed by atoms with Crippen LogP contribution in [0.3, 0.4) is 0 Å². The molecule has 7 heteroatoms. The van der Waals surface area contributed by atoms with Gasteiger partial charge >= 0.3 is 17.9 Å². The van der Waals surface area contributed by atoms with Gasteiger partial charge in [0.1, 0.15) is 11.6 Å². The van der Waals surface area contributed by atoms with Crippen molar-refractivity contribution in [3.63, 3.8) is 0 Å². The lowest BCUT2D eigenvalue weighted by Crippen LogP contribution is -2.50. The minimum absolute atomic E-state index is 0.0209. The van der Waals surface area contributed by atoms with Crippen LogP contribution in [0.4, 0.5) is 13.2 Å². The molecule has 0 saturated heterocycles. The molecule has 1 atom stereocenters. The van der Waals surface area contributed by atoms with E-state index in [4.69, 9.17) is 0 Å². The van der Waals surface area contributed by atoms with E-state index in [0.717, 1.165) is 28.6 Å². The molecule has 136 valence electrons. The van der Waals surface area contributed by atoms with E-state index in [9.17, 15) is 18.0 Å². The quantitative estimate of drug-likeness (QED) is 0.641. The maximum absolute atomic E-state index is 13.1. The van der Waals surface area contributed by atoms with Crippen molar-refractivity contribution in [2.24, 2.45) is 10.9 Å². The van der Waals surface area contributed by atoms with Gasteiger partial charge in [0.2, 0.25) is 0 Å². The van der Waals surface area contributed by atoms with Gasteiger partial charge in [0.05, 0.1) is 24.5 Å². The number of amides is 1. The van der Waals surface area contributed by atoms with Gasteiger partial charge in [-0.15, -0.1) is 0 Å². The average molecular weight is 370 g/mol. The Hall–Kier alpha value is -2.96. The molecule has 0 aromatic heterocycles. The summed E-state index contributed by atoms with van der Waals surface area (Å²) in [6.45, 7) is 0.495. The predicted molar refractivity (Wildman–Crippen MR) is 92.0 cm³/mol. The van der Waals surface area contributed by atoms with Crippen LogP contribution in [-0.2, 0) is 11.0 Å². The van der Waals surface area contributed by atoms with Crippen LogP contribution in [0, 0.1) is 5.92 Å². The summed E-state index contributed by atoms with van der Waals surface area (Å²) in [6, 6.07) is 3.67. The Morgan fingerprint density at radius 3 is 2.85 bits per heavy atom. The van der Waals surface area contributed by atoms with Crippen LogP contribution >= 0.6 is 0 Å². The normalized spacial score (nSPS) is 23.3. The Kier molecular flexibility index (Phi) is 3.17. The van der Waals surface area contributed by atoms with Gasteiger partial charge in [0, 0.05) is 11.6 Å². The van der Waals surface area contributed by atoms with Crippen LogP contribution in [0.1, 0.15) is 12.0 Å². The third-order valence-corrected chi connectivity index (χ3v) is 5.46. The average Bonchev–Trinajstić information content (AvgIpc) is 3.02. The molecule has 27 heavy (non-hydrogen) atoms. The number of hydrogen-bond donors (Lipinski definition) is 0. The topological polar surface area (TPSA) is 35.7 Å². The summed E-state index contributed by atoms with van der Waals surface area (Å²) in [7, 11) is 1.87. The van der Waals surface area contributed by atoms with E-state index in [-0.39, 0.29) is 11.8 Å². The van der Waals surface area contributed by atoms with Crippen molar-refractivity contribution in [3.8, 4) is 0 Å². The van der Waals surface area contributed by atoms with Crippen LogP contribution in [0.15, 0.2) is 59.0 Å². The number of nitrogens with zero attached hydrogens (tertiary/aromatic N) is 3. The van der Waals surface area contributed by atoms with E-state index < -0.39 is 11.7 Å². The summed E-state index contributed by atoms with van der Waals surface area (Å²) in [6.07, 6.45) is 3.65. The Morgan fingerprint density at radius 2 is 2.07 bits per heavy atom. The molecule has 0 radical (unpaired) electrons. The molecule has 4 nitrogen and oxygen atoms in total. The number of halogens is 3. The first-order valence-electron chi connectivity index (χ1n) is 8.67. The van der Waals surface area contributed by atoms with E-state index in [1.807, 2.05) is 35.9 Å². The maximum Gasteiger partial charge on any atom is 0.416 e. The summed E-state index contributed by atoms with van der Waals surface area (Å²) in [5.74, 6) is 0.302. The number of carbonyl (C=O) groups excluding carboxylic acids is 1. The fraction of sp³-hybridized carbons (Fsp3) is 0.250. The van der Waals surface area contributed by atoms with Crippen LogP contribution < -0.4 is 10.6 Å². The molecule has 0 bridgehead atoms. The van der Waals surface area contributed by atoms with Crippen molar-refractivity contribution >= 4 is 17.2 Å². The molecule has 3 heterocycles. The van der Waals surface area contributed by atoms with E-state index in [1.54, 1.807) is 4.90 Å². The molecule has 4 aliphatic rings. The molecule has 1 aliphatic carbocycles. The molecule has 0 spiro atoms. The standard InChI is InChI=1S/C20H15F3N3O/c1-25-16-5-3-2-4-14(16)19(27)26-9-8-13-12-7-6-11(20(21,22)23)10-15(12)24-17(13)18(25)26/h2-7,10,14H,8-9H2,1H3/q+1. The summed E-state index contributed by atoms with van der Waals surface area (Å²) in [4.78, 5) is 19.2. The largest absolute Gasteiger partial charge is 0.416 e. The summed E-state index contributed by atoms with van der Waals surface area (Å²) >= 11 is 0. The Balaban J connectivity index is 1.78. The van der Waals surface area contributed by atoms with E-state index in [2.05, 4.69) is 4.99 Å². The number of alkyl halides is 3. The zero-order valence-corrected chi connectivity index (χ0v) is 14.4. The van der Waals surface area contributed by atoms with Crippen molar-refractivity contribution in [2.45, 2.75) is 12.6 Å². The first kappa shape index (κ1) is 16.2. The van der Waals surface area contributed by atoms with Gasteiger partial charge in [0.25, 0.3) is 0 Å². The second-order valence-electron chi connectivity index (χ2n) is 6.94. The number of allylic oxidation sites excluding steroid dienone is 4. The molecule has 1 aromatic rings. The third-order valence-electron chi connectivity index (χ3n) is 5.46. The van der Waals surface area contributed by atoms with Crippen molar-refractivity contribution in [2.75, 3.05) is 13.6 Å². The zero-order chi connectivity index (χ0) is 18.9. The van der Waals surface area contributed by atoms with Crippen LogP contribution in [0.2, 0.25) is 0 Å². The smallest absolute Gasteiger partial charge is 0.246 e. The molecular weight excluding hydrogens is 355 g/mol. The summed E-state index contributed by atoms with van der Waals surface area (Å²) in [5.41, 5.74) is 1.64. The summed E-state index contributed by atoms with van der Waals surface area (Å²) in [5, 5.41) is 1.04. The molecule has 0 fully saturated rings. The Morgan fingerprint density at radius 1 is 1.26 bits per heavy atom. The summed E-state index contributed by atoms with van der Waals surface area (Å²) < 4.78 is 41.1. The van der Waals surface area contributed by atoms with Crippen molar-refractivity contribution < 1.29 is 22.5 Å². The molecular formula is C20H15F3N3O+. The predicted octanol–water partition coefficient (Wildman–Crippen LogP) is 1.73. The van der Waals surface area contributed by atoms with Crippen LogP contribution in [-0.4, -0.2) is 34.7 Å². The van der Waals surface area contributed by atoms with Gasteiger partial charge < -0.3 is 0 Å². The molecule has 0 N–H and O–H groups in total. The van der Waals surface area contributed by atoms with Gasteiger partial charge in [-0.05, 0) is 23.8 Å². The SMILES string of the molecule is C[N+]1=C2C=CC=CC2C(=O)N2CCC3=c4ccc(C(F)(F)F)cc4=NC3=C21. The lowest BCUT2D eigenvalue weighted by Gasteiger charge is -2.32. The second-order valence-corrected chi connectivity index (χ2v) is 6.94. The first-order valence-corrected chi connectivity index (χ1v) is 8.67. The monoisotopic (exact) mass is 370 g/mol. The van der Waals surface area contributed by atoms with Gasteiger partial charge in [-0.3, -0.25) is 0 Å². The minimum Gasteiger partial charge on any atom is -0.246 e. The van der Waals surface area contributed by atoms with Crippen LogP contribution in [0.25, 0.3) is 5.57 Å². The molecule has 3 aliphatic heterocycles. The molecule has 5 rings (SSSR count). The molecule has 1 unspecified atom stereocenters. The third kappa shape index (κ3) is 2.20.